The van der Waals surface area contributed by atoms with Crippen molar-refractivity contribution >= 4 is 26.0 Å². The SMILES string of the molecule is CNC(=O)[C@H]1Cc2ccccc2CN1S(=O)(=O)c1cccc(S(N)(=O)=O)c1. The second kappa shape index (κ2) is 7.04. The van der Waals surface area contributed by atoms with E-state index in [4.69, 9.17) is 5.14 Å². The molecule has 1 amide bonds. The zero-order chi connectivity index (χ0) is 19.8. The molecule has 0 aliphatic carbocycles. The van der Waals surface area contributed by atoms with Crippen molar-refractivity contribution in [2.75, 3.05) is 7.05 Å². The van der Waals surface area contributed by atoms with Gasteiger partial charge in [0.15, 0.2) is 0 Å². The van der Waals surface area contributed by atoms with Crippen LogP contribution in [0.5, 0.6) is 0 Å². The van der Waals surface area contributed by atoms with Crippen LogP contribution >= 0.6 is 0 Å². The van der Waals surface area contributed by atoms with Crippen molar-refractivity contribution in [3.8, 4) is 0 Å². The van der Waals surface area contributed by atoms with Crippen molar-refractivity contribution in [1.29, 1.82) is 0 Å². The molecule has 0 radical (unpaired) electrons. The molecule has 0 fully saturated rings. The Morgan fingerprint density at radius 1 is 1.04 bits per heavy atom. The fourth-order valence-corrected chi connectivity index (χ4v) is 5.33. The van der Waals surface area contributed by atoms with E-state index in [1.807, 2.05) is 12.1 Å². The topological polar surface area (TPSA) is 127 Å². The van der Waals surface area contributed by atoms with Gasteiger partial charge in [-0.1, -0.05) is 30.3 Å². The number of rotatable bonds is 4. The highest BCUT2D eigenvalue weighted by molar-refractivity contribution is 7.90. The molecule has 144 valence electrons. The van der Waals surface area contributed by atoms with Crippen LogP contribution in [0.3, 0.4) is 0 Å². The molecule has 0 unspecified atom stereocenters. The monoisotopic (exact) mass is 409 g/mol. The number of benzene rings is 2. The molecule has 0 saturated heterocycles. The third kappa shape index (κ3) is 3.74. The number of sulfonamides is 2. The maximum atomic E-state index is 13.2. The van der Waals surface area contributed by atoms with Crippen molar-refractivity contribution in [2.45, 2.75) is 28.8 Å². The van der Waals surface area contributed by atoms with E-state index in [2.05, 4.69) is 5.32 Å². The Bertz CT molecular complexity index is 1100. The minimum Gasteiger partial charge on any atom is -0.358 e. The van der Waals surface area contributed by atoms with Gasteiger partial charge in [-0.05, 0) is 35.7 Å². The highest BCUT2D eigenvalue weighted by Gasteiger charge is 2.39. The molecule has 2 aromatic rings. The van der Waals surface area contributed by atoms with Gasteiger partial charge < -0.3 is 5.32 Å². The summed E-state index contributed by atoms with van der Waals surface area (Å²) in [6.07, 6.45) is 0.226. The molecule has 3 N–H and O–H groups in total. The average molecular weight is 409 g/mol. The lowest BCUT2D eigenvalue weighted by Crippen LogP contribution is -2.51. The first-order valence-corrected chi connectivity index (χ1v) is 11.1. The zero-order valence-corrected chi connectivity index (χ0v) is 16.1. The Hall–Kier alpha value is -2.27. The van der Waals surface area contributed by atoms with Gasteiger partial charge in [0.2, 0.25) is 26.0 Å². The molecule has 1 aliphatic heterocycles. The van der Waals surface area contributed by atoms with E-state index in [0.717, 1.165) is 21.5 Å². The van der Waals surface area contributed by atoms with Crippen LogP contribution in [0, 0.1) is 0 Å². The van der Waals surface area contributed by atoms with Gasteiger partial charge in [-0.2, -0.15) is 4.31 Å². The number of nitrogens with two attached hydrogens (primary N) is 1. The first-order chi connectivity index (χ1) is 12.6. The highest BCUT2D eigenvalue weighted by Crippen LogP contribution is 2.29. The minimum absolute atomic E-state index is 0.0101. The second-order valence-electron chi connectivity index (χ2n) is 6.17. The first kappa shape index (κ1) is 19.5. The third-order valence-electron chi connectivity index (χ3n) is 4.50. The van der Waals surface area contributed by atoms with Crippen LogP contribution in [0.15, 0.2) is 58.3 Å². The van der Waals surface area contributed by atoms with E-state index in [1.54, 1.807) is 12.1 Å². The van der Waals surface area contributed by atoms with Gasteiger partial charge in [0.25, 0.3) is 0 Å². The minimum atomic E-state index is -4.14. The Morgan fingerprint density at radius 3 is 2.30 bits per heavy atom. The third-order valence-corrected chi connectivity index (χ3v) is 7.26. The van der Waals surface area contributed by atoms with E-state index in [1.165, 1.54) is 25.2 Å². The lowest BCUT2D eigenvalue weighted by molar-refractivity contribution is -0.124. The maximum absolute atomic E-state index is 13.2. The van der Waals surface area contributed by atoms with E-state index in [9.17, 15) is 21.6 Å². The predicted molar refractivity (Wildman–Crippen MR) is 98.5 cm³/mol. The van der Waals surface area contributed by atoms with Crippen molar-refractivity contribution in [1.82, 2.24) is 9.62 Å². The Kier molecular flexibility index (Phi) is 5.08. The zero-order valence-electron chi connectivity index (χ0n) is 14.5. The van der Waals surface area contributed by atoms with E-state index in [0.29, 0.717) is 0 Å². The number of carbonyl (C=O) groups excluding carboxylic acids is 1. The Morgan fingerprint density at radius 2 is 1.67 bits per heavy atom. The number of nitrogens with zero attached hydrogens (tertiary/aromatic N) is 1. The molecule has 1 atom stereocenters. The number of carbonyl (C=O) groups is 1. The molecule has 8 nitrogen and oxygen atoms in total. The van der Waals surface area contributed by atoms with Crippen LogP contribution in [0.1, 0.15) is 11.1 Å². The van der Waals surface area contributed by atoms with Crippen LogP contribution in [-0.2, 0) is 37.8 Å². The number of primary sulfonamides is 1. The van der Waals surface area contributed by atoms with E-state index >= 15 is 0 Å². The molecule has 2 aromatic carbocycles. The lowest BCUT2D eigenvalue weighted by atomic mass is 9.95. The number of hydrogen-bond donors (Lipinski definition) is 2. The second-order valence-corrected chi connectivity index (χ2v) is 9.62. The summed E-state index contributed by atoms with van der Waals surface area (Å²) >= 11 is 0. The molecule has 27 heavy (non-hydrogen) atoms. The number of likely N-dealkylation sites (N-methyl/N-ethyl adjacent to an activating group) is 1. The summed E-state index contributed by atoms with van der Waals surface area (Å²) in [5.41, 5.74) is 1.69. The van der Waals surface area contributed by atoms with Gasteiger partial charge in [0.1, 0.15) is 6.04 Å². The fourth-order valence-electron chi connectivity index (χ4n) is 3.09. The van der Waals surface area contributed by atoms with E-state index in [-0.39, 0.29) is 22.8 Å². The van der Waals surface area contributed by atoms with Crippen LogP contribution in [-0.4, -0.2) is 40.1 Å². The summed E-state index contributed by atoms with van der Waals surface area (Å²) in [5.74, 6) is -0.435. The van der Waals surface area contributed by atoms with E-state index < -0.39 is 32.0 Å². The van der Waals surface area contributed by atoms with Gasteiger partial charge in [-0.15, -0.1) is 0 Å². The normalized spacial score (nSPS) is 17.9. The standard InChI is InChI=1S/C17H19N3O5S2/c1-19-17(21)16-9-12-5-2-3-6-13(12)11-20(16)27(24,25)15-8-4-7-14(10-15)26(18,22)23/h2-8,10,16H,9,11H2,1H3,(H,19,21)(H2,18,22,23)/t16-/m1/s1. The van der Waals surface area contributed by atoms with Gasteiger partial charge in [0, 0.05) is 13.6 Å². The van der Waals surface area contributed by atoms with Crippen LogP contribution in [0.25, 0.3) is 0 Å². The van der Waals surface area contributed by atoms with Crippen LogP contribution in [0.2, 0.25) is 0 Å². The van der Waals surface area contributed by atoms with Gasteiger partial charge >= 0.3 is 0 Å². The molecule has 1 aliphatic rings. The summed E-state index contributed by atoms with van der Waals surface area (Å²) in [6.45, 7) is 0.0101. The predicted octanol–water partition coefficient (Wildman–Crippen LogP) is 0.196. The van der Waals surface area contributed by atoms with Crippen molar-refractivity contribution in [2.24, 2.45) is 5.14 Å². The average Bonchev–Trinajstić information content (AvgIpc) is 2.65. The van der Waals surface area contributed by atoms with Gasteiger partial charge in [-0.3, -0.25) is 4.79 Å². The molecule has 0 saturated carbocycles. The highest BCUT2D eigenvalue weighted by atomic mass is 32.2. The quantitative estimate of drug-likeness (QED) is 0.746. The smallest absolute Gasteiger partial charge is 0.244 e. The van der Waals surface area contributed by atoms with Crippen LogP contribution < -0.4 is 10.5 Å². The molecule has 0 aromatic heterocycles. The largest absolute Gasteiger partial charge is 0.358 e. The molecule has 0 bridgehead atoms. The Balaban J connectivity index is 2.10. The first-order valence-electron chi connectivity index (χ1n) is 8.07. The molecular formula is C17H19N3O5S2. The number of hydrogen-bond acceptors (Lipinski definition) is 5. The molecule has 0 spiro atoms. The summed E-state index contributed by atoms with van der Waals surface area (Å²) in [7, 11) is -6.76. The number of nitrogens with one attached hydrogen (secondary N) is 1. The number of fused-ring (bicyclic) bond motifs is 1. The van der Waals surface area contributed by atoms with Crippen molar-refractivity contribution in [3.05, 3.63) is 59.7 Å². The van der Waals surface area contributed by atoms with Crippen LogP contribution in [0.4, 0.5) is 0 Å². The summed E-state index contributed by atoms with van der Waals surface area (Å²) < 4.78 is 50.7. The maximum Gasteiger partial charge on any atom is 0.244 e. The molecule has 10 heteroatoms. The Labute approximate surface area is 158 Å². The molecular weight excluding hydrogens is 390 g/mol. The van der Waals surface area contributed by atoms with Crippen molar-refractivity contribution in [3.63, 3.8) is 0 Å². The summed E-state index contributed by atoms with van der Waals surface area (Å²) in [5, 5.41) is 7.60. The summed E-state index contributed by atoms with van der Waals surface area (Å²) in [6, 6.07) is 11.2. The van der Waals surface area contributed by atoms with Crippen molar-refractivity contribution < 1.29 is 21.6 Å². The lowest BCUT2D eigenvalue weighted by Gasteiger charge is -2.34. The summed E-state index contributed by atoms with van der Waals surface area (Å²) in [4.78, 5) is 11.8. The molecule has 1 heterocycles. The van der Waals surface area contributed by atoms with Gasteiger partial charge in [0.05, 0.1) is 9.79 Å². The van der Waals surface area contributed by atoms with Gasteiger partial charge in [-0.25, -0.2) is 22.0 Å². The number of amides is 1. The molecule has 3 rings (SSSR count). The fraction of sp³-hybridized carbons (Fsp3) is 0.235.